The molecule has 8 nitrogen and oxygen atoms in total. The van der Waals surface area contributed by atoms with Crippen LogP contribution in [-0.4, -0.2) is 39.0 Å². The third-order valence-corrected chi connectivity index (χ3v) is 8.61. The van der Waals surface area contributed by atoms with Gasteiger partial charge in [-0.2, -0.15) is 16.8 Å². The smallest absolute Gasteiger partial charge is 0.294 e. The fourth-order valence-corrected chi connectivity index (χ4v) is 5.81. The van der Waals surface area contributed by atoms with Gasteiger partial charge in [-0.15, -0.1) is 0 Å². The first-order valence-electron chi connectivity index (χ1n) is 13.3. The Labute approximate surface area is 242 Å². The SMILES string of the molecule is CCN(Cc1cccc(S(=O)(=O)O)c1)c1ccc(Cc2ccc(N(CC)Cc3cccc(S(=O)(=O)O)c3)cc2)cc1. The average Bonchev–Trinajstić information content (AvgIpc) is 2.95. The Hall–Kier alpha value is -3.70. The lowest BCUT2D eigenvalue weighted by molar-refractivity contribution is 0.481. The van der Waals surface area contributed by atoms with Gasteiger partial charge in [0.05, 0.1) is 9.79 Å². The molecule has 4 aromatic carbocycles. The van der Waals surface area contributed by atoms with Crippen LogP contribution in [0.3, 0.4) is 0 Å². The van der Waals surface area contributed by atoms with E-state index in [2.05, 4.69) is 58.3 Å². The van der Waals surface area contributed by atoms with Crippen LogP contribution in [0.15, 0.2) is 107 Å². The summed E-state index contributed by atoms with van der Waals surface area (Å²) in [6.45, 7) is 6.54. The second-order valence-electron chi connectivity index (χ2n) is 9.78. The maximum absolute atomic E-state index is 11.5. The van der Waals surface area contributed by atoms with E-state index in [4.69, 9.17) is 0 Å². The predicted octanol–water partition coefficient (Wildman–Crippen LogP) is 5.82. The maximum Gasteiger partial charge on any atom is 0.294 e. The Morgan fingerprint density at radius 2 is 0.902 bits per heavy atom. The highest BCUT2D eigenvalue weighted by molar-refractivity contribution is 7.86. The number of rotatable bonds is 12. The van der Waals surface area contributed by atoms with E-state index in [9.17, 15) is 25.9 Å². The first-order chi connectivity index (χ1) is 19.5. The number of benzene rings is 4. The summed E-state index contributed by atoms with van der Waals surface area (Å²) in [5.74, 6) is 0. The lowest BCUT2D eigenvalue weighted by Crippen LogP contribution is -2.22. The number of anilines is 2. The van der Waals surface area contributed by atoms with Crippen molar-refractivity contribution in [1.82, 2.24) is 0 Å². The van der Waals surface area contributed by atoms with Crippen LogP contribution in [0.5, 0.6) is 0 Å². The summed E-state index contributed by atoms with van der Waals surface area (Å²) in [6, 6.07) is 29.2. The largest absolute Gasteiger partial charge is 0.367 e. The third kappa shape index (κ3) is 8.17. The molecular formula is C31H34N2O6S2. The highest BCUT2D eigenvalue weighted by atomic mass is 32.2. The van der Waals surface area contributed by atoms with E-state index < -0.39 is 20.2 Å². The molecule has 0 aliphatic rings. The van der Waals surface area contributed by atoms with E-state index in [1.54, 1.807) is 12.1 Å². The molecule has 0 saturated heterocycles. The van der Waals surface area contributed by atoms with Crippen molar-refractivity contribution in [2.45, 2.75) is 43.1 Å². The monoisotopic (exact) mass is 594 g/mol. The van der Waals surface area contributed by atoms with Gasteiger partial charge in [0, 0.05) is 37.6 Å². The minimum atomic E-state index is -4.25. The first-order valence-corrected chi connectivity index (χ1v) is 16.1. The highest BCUT2D eigenvalue weighted by Crippen LogP contribution is 2.23. The van der Waals surface area contributed by atoms with Gasteiger partial charge < -0.3 is 9.80 Å². The van der Waals surface area contributed by atoms with Gasteiger partial charge in [-0.3, -0.25) is 9.11 Å². The lowest BCUT2D eigenvalue weighted by Gasteiger charge is -2.24. The van der Waals surface area contributed by atoms with Gasteiger partial charge in [0.15, 0.2) is 0 Å². The molecule has 0 aliphatic carbocycles. The molecule has 216 valence electrons. The van der Waals surface area contributed by atoms with Gasteiger partial charge >= 0.3 is 0 Å². The average molecular weight is 595 g/mol. The van der Waals surface area contributed by atoms with Crippen molar-refractivity contribution in [3.63, 3.8) is 0 Å². The summed E-state index contributed by atoms with van der Waals surface area (Å²) < 4.78 is 64.7. The molecule has 4 rings (SSSR count). The second kappa shape index (κ2) is 12.9. The molecule has 0 unspecified atom stereocenters. The first kappa shape index (κ1) is 30.3. The topological polar surface area (TPSA) is 115 Å². The summed E-state index contributed by atoms with van der Waals surface area (Å²) in [5.41, 5.74) is 5.92. The maximum atomic E-state index is 11.5. The molecule has 10 heteroatoms. The van der Waals surface area contributed by atoms with Crippen LogP contribution in [0.2, 0.25) is 0 Å². The molecule has 0 heterocycles. The van der Waals surface area contributed by atoms with Crippen molar-refractivity contribution in [2.75, 3.05) is 22.9 Å². The van der Waals surface area contributed by atoms with Gasteiger partial charge in [-0.25, -0.2) is 0 Å². The van der Waals surface area contributed by atoms with E-state index in [1.807, 2.05) is 26.0 Å². The normalized spacial score (nSPS) is 11.8. The molecule has 0 spiro atoms. The van der Waals surface area contributed by atoms with Crippen LogP contribution in [0.4, 0.5) is 11.4 Å². The minimum absolute atomic E-state index is 0.110. The van der Waals surface area contributed by atoms with Crippen LogP contribution in [0.1, 0.15) is 36.1 Å². The quantitative estimate of drug-likeness (QED) is 0.197. The fourth-order valence-electron chi connectivity index (χ4n) is 4.71. The van der Waals surface area contributed by atoms with Crippen molar-refractivity contribution in [2.24, 2.45) is 0 Å². The molecule has 0 fully saturated rings. The van der Waals surface area contributed by atoms with Gasteiger partial charge in [0.1, 0.15) is 0 Å². The van der Waals surface area contributed by atoms with Crippen molar-refractivity contribution in [1.29, 1.82) is 0 Å². The van der Waals surface area contributed by atoms with E-state index in [-0.39, 0.29) is 9.79 Å². The molecular weight excluding hydrogens is 560 g/mol. The summed E-state index contributed by atoms with van der Waals surface area (Å²) >= 11 is 0. The van der Waals surface area contributed by atoms with Crippen LogP contribution < -0.4 is 9.80 Å². The Morgan fingerprint density at radius 3 is 1.22 bits per heavy atom. The Morgan fingerprint density at radius 1 is 0.537 bits per heavy atom. The molecule has 41 heavy (non-hydrogen) atoms. The summed E-state index contributed by atoms with van der Waals surface area (Å²) in [7, 11) is -8.50. The number of hydrogen-bond acceptors (Lipinski definition) is 6. The number of hydrogen-bond donors (Lipinski definition) is 2. The Balaban J connectivity index is 1.41. The number of nitrogens with zero attached hydrogens (tertiary/aromatic N) is 2. The molecule has 0 radical (unpaired) electrons. The molecule has 4 aromatic rings. The van der Waals surface area contributed by atoms with Crippen molar-refractivity contribution >= 4 is 31.6 Å². The summed E-state index contributed by atoms with van der Waals surface area (Å²) in [5, 5.41) is 0. The summed E-state index contributed by atoms with van der Waals surface area (Å²) in [4.78, 5) is 4.04. The zero-order valence-corrected chi connectivity index (χ0v) is 24.6. The van der Waals surface area contributed by atoms with E-state index in [1.165, 1.54) is 24.3 Å². The van der Waals surface area contributed by atoms with Crippen molar-refractivity contribution in [3.8, 4) is 0 Å². The van der Waals surface area contributed by atoms with Gasteiger partial charge in [-0.1, -0.05) is 48.5 Å². The minimum Gasteiger partial charge on any atom is -0.367 e. The van der Waals surface area contributed by atoms with E-state index in [0.29, 0.717) is 13.1 Å². The van der Waals surface area contributed by atoms with Crippen LogP contribution in [0.25, 0.3) is 0 Å². The van der Waals surface area contributed by atoms with E-state index in [0.717, 1.165) is 53.1 Å². The van der Waals surface area contributed by atoms with E-state index >= 15 is 0 Å². The van der Waals surface area contributed by atoms with Crippen LogP contribution in [-0.2, 0) is 39.7 Å². The second-order valence-corrected chi connectivity index (χ2v) is 12.6. The molecule has 0 atom stereocenters. The van der Waals surface area contributed by atoms with Crippen molar-refractivity contribution in [3.05, 3.63) is 119 Å². The standard InChI is InChI=1S/C31H34N2O6S2/c1-3-32(22-26-7-5-9-30(20-26)40(34,35)36)28-15-11-24(12-16-28)19-25-13-17-29(18-14-25)33(4-2)23-27-8-6-10-31(21-27)41(37,38)39/h5-18,20-21H,3-4,19,22-23H2,1-2H3,(H,34,35,36)(H,37,38,39). The Kier molecular flexibility index (Phi) is 9.49. The zero-order chi connectivity index (χ0) is 29.6. The molecule has 0 saturated carbocycles. The molecule has 0 bridgehead atoms. The molecule has 0 aliphatic heterocycles. The molecule has 0 amide bonds. The van der Waals surface area contributed by atoms with Gasteiger partial charge in [0.25, 0.3) is 20.2 Å². The lowest BCUT2D eigenvalue weighted by atomic mass is 10.0. The molecule has 0 aromatic heterocycles. The zero-order valence-electron chi connectivity index (χ0n) is 23.0. The highest BCUT2D eigenvalue weighted by Gasteiger charge is 2.13. The van der Waals surface area contributed by atoms with Crippen LogP contribution >= 0.6 is 0 Å². The Bertz CT molecular complexity index is 1560. The van der Waals surface area contributed by atoms with Gasteiger partial charge in [-0.05, 0) is 91.1 Å². The van der Waals surface area contributed by atoms with Gasteiger partial charge in [0.2, 0.25) is 0 Å². The summed E-state index contributed by atoms with van der Waals surface area (Å²) in [6.07, 6.45) is 0.756. The van der Waals surface area contributed by atoms with Crippen LogP contribution in [0, 0.1) is 0 Å². The third-order valence-electron chi connectivity index (χ3n) is 6.91. The van der Waals surface area contributed by atoms with Crippen molar-refractivity contribution < 1.29 is 25.9 Å². The molecule has 2 N–H and O–H groups in total. The predicted molar refractivity (Wildman–Crippen MR) is 162 cm³/mol. The fraction of sp³-hybridized carbons (Fsp3) is 0.226.